The van der Waals surface area contributed by atoms with Crippen LogP contribution in [0.1, 0.15) is 20.7 Å². The molecular formula is C14H8F3NO3. The van der Waals surface area contributed by atoms with Crippen LogP contribution in [0.4, 0.5) is 18.9 Å². The number of hydrogen-bond donors (Lipinski definition) is 2. The maximum atomic E-state index is 13.5. The minimum atomic E-state index is -1.75. The lowest BCUT2D eigenvalue weighted by molar-refractivity contribution is 0.0696. The van der Waals surface area contributed by atoms with Gasteiger partial charge in [0.1, 0.15) is 0 Å². The highest BCUT2D eigenvalue weighted by Crippen LogP contribution is 2.17. The van der Waals surface area contributed by atoms with Gasteiger partial charge in [-0.1, -0.05) is 6.07 Å². The number of benzene rings is 2. The zero-order valence-electron chi connectivity index (χ0n) is 10.4. The first-order chi connectivity index (χ1) is 9.90. The Balaban J connectivity index is 2.28. The lowest BCUT2D eigenvalue weighted by Crippen LogP contribution is -2.15. The molecule has 2 aromatic rings. The van der Waals surface area contributed by atoms with Gasteiger partial charge in [0.15, 0.2) is 17.5 Å². The predicted octanol–water partition coefficient (Wildman–Crippen LogP) is 3.05. The van der Waals surface area contributed by atoms with Crippen molar-refractivity contribution in [1.29, 1.82) is 0 Å². The number of amides is 1. The van der Waals surface area contributed by atoms with E-state index in [0.717, 1.165) is 12.1 Å². The van der Waals surface area contributed by atoms with Crippen LogP contribution >= 0.6 is 0 Å². The fraction of sp³-hybridized carbons (Fsp3) is 0. The van der Waals surface area contributed by atoms with Gasteiger partial charge in [-0.05, 0) is 30.3 Å². The van der Waals surface area contributed by atoms with Gasteiger partial charge in [-0.2, -0.15) is 0 Å². The third-order valence-electron chi connectivity index (χ3n) is 2.65. The molecule has 2 N–H and O–H groups in total. The number of carboxylic acid groups (broad SMARTS) is 1. The van der Waals surface area contributed by atoms with Crippen molar-refractivity contribution in [2.24, 2.45) is 0 Å². The van der Waals surface area contributed by atoms with Crippen LogP contribution in [-0.4, -0.2) is 17.0 Å². The summed E-state index contributed by atoms with van der Waals surface area (Å²) in [6.07, 6.45) is 0. The van der Waals surface area contributed by atoms with Crippen molar-refractivity contribution < 1.29 is 27.9 Å². The highest BCUT2D eigenvalue weighted by Gasteiger charge is 2.19. The molecule has 0 aliphatic carbocycles. The summed E-state index contributed by atoms with van der Waals surface area (Å²) < 4.78 is 39.3. The number of rotatable bonds is 3. The second kappa shape index (κ2) is 5.66. The predicted molar refractivity (Wildman–Crippen MR) is 67.7 cm³/mol. The Kier molecular flexibility index (Phi) is 3.93. The summed E-state index contributed by atoms with van der Waals surface area (Å²) in [5.74, 6) is -6.99. The molecule has 2 aromatic carbocycles. The maximum absolute atomic E-state index is 13.5. The molecule has 2 rings (SSSR count). The molecule has 0 spiro atoms. The van der Waals surface area contributed by atoms with Gasteiger partial charge in [0.05, 0.1) is 11.1 Å². The molecule has 4 nitrogen and oxygen atoms in total. The van der Waals surface area contributed by atoms with Gasteiger partial charge in [-0.15, -0.1) is 0 Å². The zero-order valence-corrected chi connectivity index (χ0v) is 10.4. The average Bonchev–Trinajstić information content (AvgIpc) is 2.45. The third-order valence-corrected chi connectivity index (χ3v) is 2.65. The Morgan fingerprint density at radius 2 is 1.71 bits per heavy atom. The van der Waals surface area contributed by atoms with E-state index in [4.69, 9.17) is 5.11 Å². The monoisotopic (exact) mass is 295 g/mol. The molecule has 0 radical (unpaired) electrons. The van der Waals surface area contributed by atoms with Gasteiger partial charge >= 0.3 is 5.97 Å². The highest BCUT2D eigenvalue weighted by molar-refractivity contribution is 6.05. The summed E-state index contributed by atoms with van der Waals surface area (Å²) in [6.45, 7) is 0. The second-order valence-corrected chi connectivity index (χ2v) is 4.06. The van der Waals surface area contributed by atoms with Crippen molar-refractivity contribution in [1.82, 2.24) is 0 Å². The van der Waals surface area contributed by atoms with Crippen molar-refractivity contribution in [3.63, 3.8) is 0 Å². The fourth-order valence-corrected chi connectivity index (χ4v) is 1.63. The van der Waals surface area contributed by atoms with E-state index in [1.807, 2.05) is 0 Å². The van der Waals surface area contributed by atoms with E-state index in [1.54, 1.807) is 0 Å². The van der Waals surface area contributed by atoms with E-state index >= 15 is 0 Å². The van der Waals surface area contributed by atoms with E-state index in [2.05, 4.69) is 5.32 Å². The van der Waals surface area contributed by atoms with Gasteiger partial charge in [-0.25, -0.2) is 18.0 Å². The molecule has 108 valence electrons. The lowest BCUT2D eigenvalue weighted by Gasteiger charge is -2.07. The van der Waals surface area contributed by atoms with Gasteiger partial charge < -0.3 is 10.4 Å². The summed E-state index contributed by atoms with van der Waals surface area (Å²) >= 11 is 0. The Hall–Kier alpha value is -2.83. The molecule has 0 aromatic heterocycles. The minimum absolute atomic E-state index is 0.0847. The number of nitrogens with one attached hydrogen (secondary N) is 1. The van der Waals surface area contributed by atoms with Crippen molar-refractivity contribution in [3.8, 4) is 0 Å². The summed E-state index contributed by atoms with van der Waals surface area (Å²) in [6, 6.07) is 6.63. The second-order valence-electron chi connectivity index (χ2n) is 4.06. The first-order valence-corrected chi connectivity index (χ1v) is 5.68. The van der Waals surface area contributed by atoms with Crippen LogP contribution in [0.3, 0.4) is 0 Å². The first kappa shape index (κ1) is 14.6. The van der Waals surface area contributed by atoms with E-state index in [9.17, 15) is 22.8 Å². The van der Waals surface area contributed by atoms with Crippen molar-refractivity contribution in [3.05, 3.63) is 65.0 Å². The zero-order chi connectivity index (χ0) is 15.6. The van der Waals surface area contributed by atoms with Crippen LogP contribution in [0.15, 0.2) is 36.4 Å². The summed E-state index contributed by atoms with van der Waals surface area (Å²) in [4.78, 5) is 22.6. The number of hydrogen-bond acceptors (Lipinski definition) is 2. The average molecular weight is 295 g/mol. The molecule has 0 heterocycles. The van der Waals surface area contributed by atoms with Crippen LogP contribution in [-0.2, 0) is 0 Å². The van der Waals surface area contributed by atoms with Crippen LogP contribution < -0.4 is 5.32 Å². The Morgan fingerprint density at radius 1 is 1.00 bits per heavy atom. The summed E-state index contributed by atoms with van der Waals surface area (Å²) in [5.41, 5.74) is -0.683. The minimum Gasteiger partial charge on any atom is -0.478 e. The largest absolute Gasteiger partial charge is 0.478 e. The van der Waals surface area contributed by atoms with E-state index in [-0.39, 0.29) is 11.3 Å². The van der Waals surface area contributed by atoms with E-state index in [0.29, 0.717) is 6.07 Å². The smallest absolute Gasteiger partial charge is 0.335 e. The first-order valence-electron chi connectivity index (χ1n) is 5.68. The SMILES string of the molecule is O=C(O)c1cccc(NC(=O)c2ccc(F)c(F)c2F)c1. The molecule has 0 atom stereocenters. The Bertz CT molecular complexity index is 731. The number of carbonyl (C=O) groups is 2. The van der Waals surface area contributed by atoms with Crippen molar-refractivity contribution in [2.45, 2.75) is 0 Å². The standard InChI is InChI=1S/C14H8F3NO3/c15-10-5-4-9(11(16)12(10)17)13(19)18-8-3-1-2-7(6-8)14(20)21/h1-6H,(H,18,19)(H,20,21). The van der Waals surface area contributed by atoms with Gasteiger partial charge in [0.25, 0.3) is 5.91 Å². The normalized spacial score (nSPS) is 10.2. The van der Waals surface area contributed by atoms with Crippen LogP contribution in [0.2, 0.25) is 0 Å². The molecule has 0 fully saturated rings. The molecule has 7 heteroatoms. The molecule has 1 amide bonds. The maximum Gasteiger partial charge on any atom is 0.335 e. The number of carboxylic acids is 1. The summed E-state index contributed by atoms with van der Waals surface area (Å²) in [7, 11) is 0. The number of anilines is 1. The molecule has 0 aliphatic heterocycles. The molecule has 0 saturated carbocycles. The molecule has 21 heavy (non-hydrogen) atoms. The molecule has 0 unspecified atom stereocenters. The van der Waals surface area contributed by atoms with Crippen LogP contribution in [0.25, 0.3) is 0 Å². The number of aromatic carboxylic acids is 1. The third kappa shape index (κ3) is 3.02. The molecule has 0 bridgehead atoms. The lowest BCUT2D eigenvalue weighted by atomic mass is 10.1. The molecule has 0 saturated heterocycles. The fourth-order valence-electron chi connectivity index (χ4n) is 1.63. The number of carbonyl (C=O) groups excluding carboxylic acids is 1. The topological polar surface area (TPSA) is 66.4 Å². The van der Waals surface area contributed by atoms with Gasteiger partial charge in [0.2, 0.25) is 0 Å². The van der Waals surface area contributed by atoms with Gasteiger partial charge in [-0.3, -0.25) is 4.79 Å². The van der Waals surface area contributed by atoms with E-state index < -0.39 is 34.9 Å². The summed E-state index contributed by atoms with van der Waals surface area (Å²) in [5, 5.41) is 11.0. The number of halogens is 3. The van der Waals surface area contributed by atoms with E-state index in [1.165, 1.54) is 18.2 Å². The Labute approximate surface area is 116 Å². The van der Waals surface area contributed by atoms with Crippen molar-refractivity contribution >= 4 is 17.6 Å². The highest BCUT2D eigenvalue weighted by atomic mass is 19.2. The Morgan fingerprint density at radius 3 is 2.38 bits per heavy atom. The van der Waals surface area contributed by atoms with Crippen molar-refractivity contribution in [2.75, 3.05) is 5.32 Å². The molecule has 0 aliphatic rings. The molecular weight excluding hydrogens is 287 g/mol. The quantitative estimate of drug-likeness (QED) is 0.855. The van der Waals surface area contributed by atoms with Gasteiger partial charge in [0, 0.05) is 5.69 Å². The van der Waals surface area contributed by atoms with Crippen LogP contribution in [0, 0.1) is 17.5 Å². The van der Waals surface area contributed by atoms with Crippen LogP contribution in [0.5, 0.6) is 0 Å².